The van der Waals surface area contributed by atoms with Gasteiger partial charge in [-0.2, -0.15) is 0 Å². The maximum absolute atomic E-state index is 2.77. The van der Waals surface area contributed by atoms with E-state index in [0.29, 0.717) is 0 Å². The molecule has 1 fully saturated rings. The van der Waals surface area contributed by atoms with Gasteiger partial charge in [-0.3, -0.25) is 0 Å². The van der Waals surface area contributed by atoms with Gasteiger partial charge >= 0.3 is 0 Å². The van der Waals surface area contributed by atoms with E-state index in [4.69, 9.17) is 0 Å². The Morgan fingerprint density at radius 3 is 1.23 bits per heavy atom. The molecule has 0 spiro atoms. The van der Waals surface area contributed by atoms with Crippen molar-refractivity contribution in [1.29, 1.82) is 0 Å². The predicted molar refractivity (Wildman–Crippen MR) is 128 cm³/mol. The normalized spacial score (nSPS) is 21.5. The molecular weight excluding hydrogens is 344 g/mol. The molecule has 2 radical (unpaired) electrons. The zero-order valence-corrected chi connectivity index (χ0v) is 21.3. The number of unbranched alkanes of at least 4 members (excludes halogenated alkanes) is 12. The summed E-state index contributed by atoms with van der Waals surface area (Å²) in [5.74, 6) is 0. The quantitative estimate of drug-likeness (QED) is 0.167. The van der Waals surface area contributed by atoms with Crippen LogP contribution < -0.4 is 0 Å². The second-order valence-corrected chi connectivity index (χ2v) is 13.7. The van der Waals surface area contributed by atoms with E-state index in [-0.39, 0.29) is 19.0 Å². The Balaban J connectivity index is 1.83. The molecule has 0 N–H and O–H groups in total. The molecule has 1 aliphatic carbocycles. The first-order valence-electron chi connectivity index (χ1n) is 12.5. The molecule has 154 valence electrons. The highest BCUT2D eigenvalue weighted by Crippen LogP contribution is 2.35. The first-order valence-corrected chi connectivity index (χ1v) is 16.2. The Kier molecular flexibility index (Phi) is 17.7. The van der Waals surface area contributed by atoms with Crippen LogP contribution in [0.3, 0.4) is 0 Å². The lowest BCUT2D eigenvalue weighted by Gasteiger charge is -2.27. The molecule has 0 aromatic rings. The van der Waals surface area contributed by atoms with Gasteiger partial charge in [-0.25, -0.2) is 0 Å². The first-order chi connectivity index (χ1) is 12.9. The van der Waals surface area contributed by atoms with Crippen LogP contribution in [-0.2, 0) is 0 Å². The minimum Gasteiger partial charge on any atom is -0.0654 e. The van der Waals surface area contributed by atoms with Crippen molar-refractivity contribution in [2.75, 3.05) is 0 Å². The van der Waals surface area contributed by atoms with E-state index in [1.165, 1.54) is 89.9 Å². The average Bonchev–Trinajstić information content (AvgIpc) is 2.67. The van der Waals surface area contributed by atoms with Crippen LogP contribution in [0.1, 0.15) is 117 Å². The fourth-order valence-corrected chi connectivity index (χ4v) is 8.52. The lowest BCUT2D eigenvalue weighted by Crippen LogP contribution is -2.16. The van der Waals surface area contributed by atoms with Gasteiger partial charge < -0.3 is 0 Å². The SMILES string of the molecule is CCCCCCCCC[SiH2]C1[CH]CC([SiH2]CCCCCCCCC)[CH]C1. The maximum atomic E-state index is 2.77. The molecule has 2 heteroatoms. The van der Waals surface area contributed by atoms with Crippen LogP contribution in [0, 0.1) is 12.8 Å². The van der Waals surface area contributed by atoms with Crippen molar-refractivity contribution in [3.8, 4) is 0 Å². The summed E-state index contributed by atoms with van der Waals surface area (Å²) in [6.45, 7) is 4.62. The summed E-state index contributed by atoms with van der Waals surface area (Å²) in [6, 6.07) is 3.23. The van der Waals surface area contributed by atoms with Crippen LogP contribution in [-0.4, -0.2) is 19.0 Å². The molecule has 0 saturated heterocycles. The molecule has 1 aliphatic rings. The van der Waals surface area contributed by atoms with E-state index < -0.39 is 0 Å². The first kappa shape index (κ1) is 24.5. The van der Waals surface area contributed by atoms with Crippen LogP contribution in [0.25, 0.3) is 0 Å². The smallest absolute Gasteiger partial charge is 0.0235 e. The molecule has 0 heterocycles. The summed E-state index contributed by atoms with van der Waals surface area (Å²) in [5.41, 5.74) is 2.14. The second-order valence-electron chi connectivity index (χ2n) is 8.99. The number of hydrogen-bond acceptors (Lipinski definition) is 0. The molecule has 1 saturated carbocycles. The van der Waals surface area contributed by atoms with E-state index in [2.05, 4.69) is 26.7 Å². The third kappa shape index (κ3) is 14.5. The summed E-state index contributed by atoms with van der Waals surface area (Å²) >= 11 is 0. The summed E-state index contributed by atoms with van der Waals surface area (Å²) in [7, 11) is 0.380. The van der Waals surface area contributed by atoms with E-state index in [0.717, 1.165) is 11.1 Å². The molecule has 0 aliphatic heterocycles. The molecule has 0 aromatic carbocycles. The van der Waals surface area contributed by atoms with Crippen LogP contribution in [0.4, 0.5) is 0 Å². The van der Waals surface area contributed by atoms with Crippen LogP contribution >= 0.6 is 0 Å². The van der Waals surface area contributed by atoms with Gasteiger partial charge in [0.2, 0.25) is 0 Å². The molecule has 1 rings (SSSR count). The van der Waals surface area contributed by atoms with Gasteiger partial charge in [-0.05, 0) is 36.8 Å². The van der Waals surface area contributed by atoms with Gasteiger partial charge in [-0.1, -0.05) is 116 Å². The minimum atomic E-state index is 0.190. The van der Waals surface area contributed by atoms with Crippen molar-refractivity contribution < 1.29 is 0 Å². The van der Waals surface area contributed by atoms with Crippen molar-refractivity contribution >= 4 is 19.0 Å². The Morgan fingerprint density at radius 1 is 0.538 bits per heavy atom. The molecule has 0 bridgehead atoms. The molecule has 26 heavy (non-hydrogen) atoms. The lowest BCUT2D eigenvalue weighted by molar-refractivity contribution is 0.599. The molecule has 2 atom stereocenters. The molecular formula is C24H50Si2. The number of hydrogen-bond donors (Lipinski definition) is 0. The van der Waals surface area contributed by atoms with E-state index >= 15 is 0 Å². The summed E-state index contributed by atoms with van der Waals surface area (Å²) in [4.78, 5) is 0. The topological polar surface area (TPSA) is 0 Å². The highest BCUT2D eigenvalue weighted by atomic mass is 28.2. The zero-order chi connectivity index (χ0) is 18.7. The van der Waals surface area contributed by atoms with Crippen LogP contribution in [0.15, 0.2) is 0 Å². The van der Waals surface area contributed by atoms with Gasteiger partial charge in [0, 0.05) is 19.0 Å². The van der Waals surface area contributed by atoms with Crippen molar-refractivity contribution in [3.05, 3.63) is 12.8 Å². The predicted octanol–water partition coefficient (Wildman–Crippen LogP) is 7.44. The average molecular weight is 395 g/mol. The fraction of sp³-hybridized carbons (Fsp3) is 0.917. The summed E-state index contributed by atoms with van der Waals surface area (Å²) in [6.07, 6.45) is 29.2. The van der Waals surface area contributed by atoms with E-state index in [1.807, 2.05) is 0 Å². The Hall–Kier alpha value is 0.434. The maximum Gasteiger partial charge on any atom is 0.0235 e. The lowest BCUT2D eigenvalue weighted by atomic mass is 9.99. The third-order valence-corrected chi connectivity index (χ3v) is 11.0. The van der Waals surface area contributed by atoms with Gasteiger partial charge in [0.15, 0.2) is 0 Å². The highest BCUT2D eigenvalue weighted by molar-refractivity contribution is 6.40. The Labute approximate surface area is 171 Å². The highest BCUT2D eigenvalue weighted by Gasteiger charge is 2.21. The fourth-order valence-electron chi connectivity index (χ4n) is 4.48. The van der Waals surface area contributed by atoms with Crippen molar-refractivity contribution in [1.82, 2.24) is 0 Å². The Morgan fingerprint density at radius 2 is 0.885 bits per heavy atom. The van der Waals surface area contributed by atoms with E-state index in [9.17, 15) is 0 Å². The number of rotatable bonds is 18. The van der Waals surface area contributed by atoms with Gasteiger partial charge in [0.25, 0.3) is 0 Å². The third-order valence-electron chi connectivity index (χ3n) is 6.40. The van der Waals surface area contributed by atoms with Gasteiger partial charge in [0.05, 0.1) is 0 Å². The molecule has 0 nitrogen and oxygen atoms in total. The molecule has 0 amide bonds. The zero-order valence-electron chi connectivity index (χ0n) is 18.5. The monoisotopic (exact) mass is 394 g/mol. The summed E-state index contributed by atoms with van der Waals surface area (Å²) in [5, 5.41) is 0. The second kappa shape index (κ2) is 18.8. The standard InChI is InChI=1S/C24H50Si2/c1-3-5-7-9-11-13-15-21-25-23-17-19-24(20-18-23)26-22-16-14-12-10-8-6-4-2/h17,20,23-24H,3-16,18-19,21-22,25-26H2,1-2H3. The Bertz CT molecular complexity index is 243. The van der Waals surface area contributed by atoms with Gasteiger partial charge in [0.1, 0.15) is 0 Å². The largest absolute Gasteiger partial charge is 0.0654 e. The molecule has 0 aromatic heterocycles. The molecule has 2 unspecified atom stereocenters. The summed E-state index contributed by atoms with van der Waals surface area (Å²) < 4.78 is 0. The van der Waals surface area contributed by atoms with E-state index in [1.54, 1.807) is 24.9 Å². The van der Waals surface area contributed by atoms with Crippen LogP contribution in [0.2, 0.25) is 23.2 Å². The minimum absolute atomic E-state index is 0.190. The van der Waals surface area contributed by atoms with Crippen molar-refractivity contribution in [2.24, 2.45) is 0 Å². The van der Waals surface area contributed by atoms with Crippen molar-refractivity contribution in [3.63, 3.8) is 0 Å². The van der Waals surface area contributed by atoms with Crippen LogP contribution in [0.5, 0.6) is 0 Å². The van der Waals surface area contributed by atoms with Gasteiger partial charge in [-0.15, -0.1) is 0 Å². The van der Waals surface area contributed by atoms with Crippen molar-refractivity contribution in [2.45, 2.75) is 140 Å².